The lowest BCUT2D eigenvalue weighted by Crippen LogP contribution is -2.18. The Morgan fingerprint density at radius 1 is 1.55 bits per heavy atom. The SMILES string of the molecule is CSCCn1c(=NC(=O)C2CC2)sc2cc(Br)ccc21. The van der Waals surface area contributed by atoms with Crippen molar-refractivity contribution in [2.45, 2.75) is 19.4 Å². The summed E-state index contributed by atoms with van der Waals surface area (Å²) in [6, 6.07) is 6.23. The van der Waals surface area contributed by atoms with Crippen molar-refractivity contribution in [2.75, 3.05) is 12.0 Å². The normalized spacial score (nSPS) is 16.0. The number of nitrogens with zero attached hydrogens (tertiary/aromatic N) is 2. The van der Waals surface area contributed by atoms with Gasteiger partial charge in [-0.1, -0.05) is 27.3 Å². The van der Waals surface area contributed by atoms with Gasteiger partial charge in [0.15, 0.2) is 4.80 Å². The molecule has 3 nitrogen and oxygen atoms in total. The number of carbonyl (C=O) groups is 1. The van der Waals surface area contributed by atoms with E-state index in [4.69, 9.17) is 0 Å². The minimum absolute atomic E-state index is 0.0496. The van der Waals surface area contributed by atoms with Crippen molar-refractivity contribution >= 4 is 55.2 Å². The van der Waals surface area contributed by atoms with Crippen LogP contribution in [0.4, 0.5) is 0 Å². The summed E-state index contributed by atoms with van der Waals surface area (Å²) in [5.41, 5.74) is 1.16. The number of fused-ring (bicyclic) bond motifs is 1. The van der Waals surface area contributed by atoms with E-state index in [1.807, 2.05) is 6.07 Å². The van der Waals surface area contributed by atoms with E-state index in [1.165, 1.54) is 4.70 Å². The highest BCUT2D eigenvalue weighted by Crippen LogP contribution is 2.30. The molecule has 0 bridgehead atoms. The number of thiazole rings is 1. The van der Waals surface area contributed by atoms with Crippen molar-refractivity contribution in [1.29, 1.82) is 0 Å². The summed E-state index contributed by atoms with van der Waals surface area (Å²) in [7, 11) is 0. The van der Waals surface area contributed by atoms with E-state index in [0.29, 0.717) is 0 Å². The van der Waals surface area contributed by atoms with Gasteiger partial charge < -0.3 is 4.57 Å². The first kappa shape index (κ1) is 14.4. The molecule has 1 heterocycles. The predicted octanol–water partition coefficient (Wildman–Crippen LogP) is 3.67. The Labute approximate surface area is 134 Å². The van der Waals surface area contributed by atoms with E-state index in [0.717, 1.165) is 39.9 Å². The molecule has 106 valence electrons. The summed E-state index contributed by atoms with van der Waals surface area (Å²) in [4.78, 5) is 17.2. The fourth-order valence-electron chi connectivity index (χ4n) is 2.05. The van der Waals surface area contributed by atoms with E-state index < -0.39 is 0 Å². The van der Waals surface area contributed by atoms with Crippen LogP contribution in [-0.4, -0.2) is 22.5 Å². The second-order valence-electron chi connectivity index (χ2n) is 4.87. The lowest BCUT2D eigenvalue weighted by Gasteiger charge is -2.03. The maximum absolute atomic E-state index is 12.0. The number of halogens is 1. The molecule has 1 aromatic carbocycles. The number of thioether (sulfide) groups is 1. The zero-order valence-corrected chi connectivity index (χ0v) is 14.4. The summed E-state index contributed by atoms with van der Waals surface area (Å²) in [6.07, 6.45) is 4.10. The van der Waals surface area contributed by atoms with Gasteiger partial charge in [0.25, 0.3) is 5.91 Å². The Hall–Kier alpha value is -0.590. The maximum atomic E-state index is 12.0. The van der Waals surface area contributed by atoms with Gasteiger partial charge in [-0.3, -0.25) is 4.79 Å². The Bertz CT molecular complexity index is 716. The standard InChI is InChI=1S/C14H15BrN2OS2/c1-19-7-6-17-11-5-4-10(15)8-12(11)20-14(17)16-13(18)9-2-3-9/h4-5,8-9H,2-3,6-7H2,1H3. The minimum atomic E-state index is 0.0496. The zero-order chi connectivity index (χ0) is 14.1. The molecule has 1 aliphatic carbocycles. The largest absolute Gasteiger partial charge is 0.316 e. The Morgan fingerprint density at radius 2 is 2.35 bits per heavy atom. The molecule has 1 amide bonds. The summed E-state index contributed by atoms with van der Waals surface area (Å²) in [5.74, 6) is 1.25. The average molecular weight is 371 g/mol. The van der Waals surface area contributed by atoms with Crippen LogP contribution < -0.4 is 4.80 Å². The molecular formula is C14H15BrN2OS2. The van der Waals surface area contributed by atoms with Gasteiger partial charge in [0, 0.05) is 22.7 Å². The van der Waals surface area contributed by atoms with Crippen LogP contribution in [0.2, 0.25) is 0 Å². The molecule has 0 atom stereocenters. The van der Waals surface area contributed by atoms with Gasteiger partial charge in [0.1, 0.15) is 0 Å². The molecule has 1 aromatic heterocycles. The Morgan fingerprint density at radius 3 is 3.05 bits per heavy atom. The Balaban J connectivity index is 2.10. The first-order chi connectivity index (χ1) is 9.69. The monoisotopic (exact) mass is 370 g/mol. The van der Waals surface area contributed by atoms with Gasteiger partial charge in [-0.25, -0.2) is 0 Å². The van der Waals surface area contributed by atoms with Gasteiger partial charge in [0.05, 0.1) is 10.2 Å². The minimum Gasteiger partial charge on any atom is -0.316 e. The predicted molar refractivity (Wildman–Crippen MR) is 89.2 cm³/mol. The van der Waals surface area contributed by atoms with Gasteiger partial charge in [-0.2, -0.15) is 16.8 Å². The van der Waals surface area contributed by atoms with Crippen LogP contribution in [-0.2, 0) is 11.3 Å². The molecule has 1 fully saturated rings. The molecule has 0 N–H and O–H groups in total. The quantitative estimate of drug-likeness (QED) is 0.822. The second kappa shape index (κ2) is 6.03. The average Bonchev–Trinajstić information content (AvgIpc) is 3.21. The molecule has 3 rings (SSSR count). The van der Waals surface area contributed by atoms with Crippen LogP contribution >= 0.6 is 39.0 Å². The van der Waals surface area contributed by atoms with E-state index in [1.54, 1.807) is 23.1 Å². The fourth-order valence-corrected chi connectivity index (χ4v) is 4.03. The lowest BCUT2D eigenvalue weighted by molar-refractivity contribution is -0.119. The van der Waals surface area contributed by atoms with Gasteiger partial charge >= 0.3 is 0 Å². The van der Waals surface area contributed by atoms with Crippen molar-refractivity contribution in [3.8, 4) is 0 Å². The summed E-state index contributed by atoms with van der Waals surface area (Å²) >= 11 is 6.90. The van der Waals surface area contributed by atoms with Crippen molar-refractivity contribution in [2.24, 2.45) is 10.9 Å². The Kier molecular flexibility index (Phi) is 4.33. The van der Waals surface area contributed by atoms with Gasteiger partial charge in [-0.05, 0) is 37.3 Å². The molecule has 1 saturated carbocycles. The number of benzene rings is 1. The zero-order valence-electron chi connectivity index (χ0n) is 11.1. The number of rotatable bonds is 4. The molecule has 20 heavy (non-hydrogen) atoms. The smallest absolute Gasteiger partial charge is 0.251 e. The summed E-state index contributed by atoms with van der Waals surface area (Å²) in [5, 5.41) is 0. The molecule has 0 saturated heterocycles. The number of carbonyl (C=O) groups excluding carboxylic acids is 1. The molecule has 2 aromatic rings. The van der Waals surface area contributed by atoms with Crippen molar-refractivity contribution in [1.82, 2.24) is 4.57 Å². The molecule has 0 spiro atoms. The highest BCUT2D eigenvalue weighted by Gasteiger charge is 2.29. The third-order valence-corrected chi connectivity index (χ3v) is 5.42. The highest BCUT2D eigenvalue weighted by molar-refractivity contribution is 9.10. The van der Waals surface area contributed by atoms with E-state index in [2.05, 4.69) is 43.9 Å². The molecule has 0 unspecified atom stereocenters. The van der Waals surface area contributed by atoms with Gasteiger partial charge in [0.2, 0.25) is 0 Å². The third-order valence-electron chi connectivity index (χ3n) is 3.30. The van der Waals surface area contributed by atoms with E-state index >= 15 is 0 Å². The first-order valence-electron chi connectivity index (χ1n) is 6.55. The molecule has 0 radical (unpaired) electrons. The molecule has 6 heteroatoms. The topological polar surface area (TPSA) is 34.4 Å². The van der Waals surface area contributed by atoms with Crippen LogP contribution in [0.3, 0.4) is 0 Å². The van der Waals surface area contributed by atoms with Crippen molar-refractivity contribution in [3.63, 3.8) is 0 Å². The van der Waals surface area contributed by atoms with Crippen molar-refractivity contribution < 1.29 is 4.79 Å². The first-order valence-corrected chi connectivity index (χ1v) is 9.56. The highest BCUT2D eigenvalue weighted by atomic mass is 79.9. The van der Waals surface area contributed by atoms with Crippen LogP contribution in [0, 0.1) is 5.92 Å². The third kappa shape index (κ3) is 3.02. The molecular weight excluding hydrogens is 356 g/mol. The van der Waals surface area contributed by atoms with Crippen LogP contribution in [0.1, 0.15) is 12.8 Å². The van der Waals surface area contributed by atoms with E-state index in [-0.39, 0.29) is 11.8 Å². The molecule has 0 aliphatic heterocycles. The fraction of sp³-hybridized carbons (Fsp3) is 0.429. The maximum Gasteiger partial charge on any atom is 0.251 e. The summed E-state index contributed by atoms with van der Waals surface area (Å²) in [6.45, 7) is 0.888. The lowest BCUT2D eigenvalue weighted by atomic mass is 10.3. The van der Waals surface area contributed by atoms with E-state index in [9.17, 15) is 4.79 Å². The number of hydrogen-bond acceptors (Lipinski definition) is 3. The number of hydrogen-bond donors (Lipinski definition) is 0. The number of aryl methyl sites for hydroxylation is 1. The second-order valence-corrected chi connectivity index (χ2v) is 7.78. The molecule has 1 aliphatic rings. The van der Waals surface area contributed by atoms with Gasteiger partial charge in [-0.15, -0.1) is 0 Å². The van der Waals surface area contributed by atoms with Crippen LogP contribution in [0.25, 0.3) is 10.2 Å². The van der Waals surface area contributed by atoms with Crippen LogP contribution in [0.15, 0.2) is 27.7 Å². The summed E-state index contributed by atoms with van der Waals surface area (Å²) < 4.78 is 4.40. The van der Waals surface area contributed by atoms with Crippen LogP contribution in [0.5, 0.6) is 0 Å². The van der Waals surface area contributed by atoms with Crippen molar-refractivity contribution in [3.05, 3.63) is 27.5 Å². The number of aromatic nitrogens is 1. The number of amides is 1.